The molecule has 102 valence electrons. The minimum atomic E-state index is -0.414. The first kappa shape index (κ1) is 14.5. The van der Waals surface area contributed by atoms with E-state index >= 15 is 0 Å². The van der Waals surface area contributed by atoms with E-state index in [0.29, 0.717) is 28.9 Å². The van der Waals surface area contributed by atoms with Crippen LogP contribution in [0.15, 0.2) is 22.7 Å². The van der Waals surface area contributed by atoms with E-state index in [1.807, 2.05) is 0 Å². The number of hydrogen-bond donors (Lipinski definition) is 0. The van der Waals surface area contributed by atoms with Crippen molar-refractivity contribution in [3.8, 4) is 0 Å². The van der Waals surface area contributed by atoms with E-state index in [-0.39, 0.29) is 16.9 Å². The van der Waals surface area contributed by atoms with Crippen LogP contribution in [-0.4, -0.2) is 23.3 Å². The molecule has 6 heteroatoms. The number of amides is 1. The molecule has 2 rings (SSSR count). The molecule has 0 aliphatic carbocycles. The Morgan fingerprint density at radius 1 is 1.58 bits per heavy atom. The molecule has 19 heavy (non-hydrogen) atoms. The number of halogens is 2. The van der Waals surface area contributed by atoms with Crippen molar-refractivity contribution in [2.75, 3.05) is 17.2 Å². The second kappa shape index (κ2) is 6.05. The standard InChI is InChI=1S/C13H13BrFNO2S/c1-8(17)19-7-9-5-12(18)16(6-9)13-10(14)3-2-4-11(13)15/h2-4,9H,5-7H2,1H3. The van der Waals surface area contributed by atoms with Crippen LogP contribution in [0.3, 0.4) is 0 Å². The fourth-order valence-corrected chi connectivity index (χ4v) is 3.34. The number of thioether (sulfide) groups is 1. The molecule has 1 atom stereocenters. The van der Waals surface area contributed by atoms with E-state index in [1.165, 1.54) is 29.7 Å². The molecule has 1 saturated heterocycles. The first-order chi connectivity index (χ1) is 8.99. The molecule has 1 aromatic carbocycles. The van der Waals surface area contributed by atoms with Gasteiger partial charge >= 0.3 is 0 Å². The molecule has 3 nitrogen and oxygen atoms in total. The first-order valence-corrected chi connectivity index (χ1v) is 7.64. The van der Waals surface area contributed by atoms with Gasteiger partial charge in [0.05, 0.1) is 5.69 Å². The molecule has 1 heterocycles. The van der Waals surface area contributed by atoms with Crippen LogP contribution in [0.2, 0.25) is 0 Å². The maximum Gasteiger partial charge on any atom is 0.227 e. The third kappa shape index (κ3) is 3.36. The van der Waals surface area contributed by atoms with Crippen molar-refractivity contribution in [2.45, 2.75) is 13.3 Å². The van der Waals surface area contributed by atoms with E-state index in [9.17, 15) is 14.0 Å². The molecule has 1 aliphatic heterocycles. The van der Waals surface area contributed by atoms with Crippen molar-refractivity contribution < 1.29 is 14.0 Å². The number of benzene rings is 1. The molecule has 0 N–H and O–H groups in total. The van der Waals surface area contributed by atoms with Gasteiger partial charge in [0.1, 0.15) is 5.82 Å². The zero-order chi connectivity index (χ0) is 14.0. The number of hydrogen-bond acceptors (Lipinski definition) is 3. The molecule has 0 spiro atoms. The largest absolute Gasteiger partial charge is 0.308 e. The van der Waals surface area contributed by atoms with E-state index < -0.39 is 5.82 Å². The Labute approximate surface area is 123 Å². The zero-order valence-corrected chi connectivity index (χ0v) is 12.8. The molecule has 0 radical (unpaired) electrons. The topological polar surface area (TPSA) is 37.4 Å². The number of carbonyl (C=O) groups is 2. The van der Waals surface area contributed by atoms with E-state index in [1.54, 1.807) is 12.1 Å². The predicted octanol–water partition coefficient (Wildman–Crippen LogP) is 3.22. The van der Waals surface area contributed by atoms with Crippen molar-refractivity contribution in [1.82, 2.24) is 0 Å². The second-order valence-corrected chi connectivity index (χ2v) is 6.50. The number of anilines is 1. The summed E-state index contributed by atoms with van der Waals surface area (Å²) in [6.45, 7) is 1.96. The van der Waals surface area contributed by atoms with E-state index in [2.05, 4.69) is 15.9 Å². The Morgan fingerprint density at radius 3 is 2.95 bits per heavy atom. The summed E-state index contributed by atoms with van der Waals surface area (Å²) in [7, 11) is 0. The maximum absolute atomic E-state index is 13.8. The van der Waals surface area contributed by atoms with Gasteiger partial charge in [-0.3, -0.25) is 9.59 Å². The van der Waals surface area contributed by atoms with Crippen LogP contribution >= 0.6 is 27.7 Å². The monoisotopic (exact) mass is 345 g/mol. The Bertz CT molecular complexity index is 503. The molecule has 1 amide bonds. The second-order valence-electron chi connectivity index (χ2n) is 4.45. The van der Waals surface area contributed by atoms with Crippen LogP contribution in [-0.2, 0) is 9.59 Å². The van der Waals surface area contributed by atoms with Crippen LogP contribution < -0.4 is 4.90 Å². The SMILES string of the molecule is CC(=O)SCC1CC(=O)N(c2c(F)cccc2Br)C1. The summed E-state index contributed by atoms with van der Waals surface area (Å²) in [5.41, 5.74) is 0.294. The van der Waals surface area contributed by atoms with Crippen molar-refractivity contribution in [1.29, 1.82) is 0 Å². The Morgan fingerprint density at radius 2 is 2.32 bits per heavy atom. The minimum absolute atomic E-state index is 0.0398. The van der Waals surface area contributed by atoms with Gasteiger partial charge < -0.3 is 4.90 Å². The van der Waals surface area contributed by atoms with Crippen LogP contribution in [0.25, 0.3) is 0 Å². The normalized spacial score (nSPS) is 19.0. The number of nitrogens with zero attached hydrogens (tertiary/aromatic N) is 1. The van der Waals surface area contributed by atoms with Gasteiger partial charge in [0, 0.05) is 30.1 Å². The average Bonchev–Trinajstić information content (AvgIpc) is 2.68. The van der Waals surface area contributed by atoms with Gasteiger partial charge in [0.25, 0.3) is 0 Å². The third-order valence-corrected chi connectivity index (χ3v) is 4.62. The maximum atomic E-state index is 13.8. The fraction of sp³-hybridized carbons (Fsp3) is 0.385. The van der Waals surface area contributed by atoms with Crippen molar-refractivity contribution in [2.24, 2.45) is 5.92 Å². The van der Waals surface area contributed by atoms with Gasteiger partial charge in [-0.25, -0.2) is 4.39 Å². The number of para-hydroxylation sites is 1. The Kier molecular flexibility index (Phi) is 4.62. The summed E-state index contributed by atoms with van der Waals surface area (Å²) < 4.78 is 14.4. The number of rotatable bonds is 3. The van der Waals surface area contributed by atoms with Crippen LogP contribution in [0, 0.1) is 11.7 Å². The van der Waals surface area contributed by atoms with Crippen molar-refractivity contribution in [3.63, 3.8) is 0 Å². The summed E-state index contributed by atoms with van der Waals surface area (Å²) in [4.78, 5) is 24.4. The predicted molar refractivity (Wildman–Crippen MR) is 77.7 cm³/mol. The highest BCUT2D eigenvalue weighted by molar-refractivity contribution is 9.10. The average molecular weight is 346 g/mol. The Balaban J connectivity index is 2.14. The summed E-state index contributed by atoms with van der Waals surface area (Å²) >= 11 is 4.49. The zero-order valence-electron chi connectivity index (χ0n) is 10.4. The van der Waals surface area contributed by atoms with E-state index in [0.717, 1.165) is 0 Å². The summed E-state index contributed by atoms with van der Waals surface area (Å²) in [6.07, 6.45) is 0.362. The van der Waals surface area contributed by atoms with Crippen LogP contribution in [0.4, 0.5) is 10.1 Å². The highest BCUT2D eigenvalue weighted by Crippen LogP contribution is 2.34. The molecule has 1 aromatic rings. The molecular formula is C13H13BrFNO2S. The van der Waals surface area contributed by atoms with Gasteiger partial charge in [-0.15, -0.1) is 0 Å². The van der Waals surface area contributed by atoms with Gasteiger partial charge in [0.2, 0.25) is 5.91 Å². The molecule has 0 aromatic heterocycles. The summed E-state index contributed by atoms with van der Waals surface area (Å²) in [6, 6.07) is 4.64. The van der Waals surface area contributed by atoms with Gasteiger partial charge in [-0.2, -0.15) is 0 Å². The molecule has 1 aliphatic rings. The van der Waals surface area contributed by atoms with Crippen molar-refractivity contribution >= 4 is 44.4 Å². The van der Waals surface area contributed by atoms with Crippen LogP contribution in [0.1, 0.15) is 13.3 Å². The lowest BCUT2D eigenvalue weighted by Crippen LogP contribution is -2.26. The van der Waals surface area contributed by atoms with Gasteiger partial charge in [-0.1, -0.05) is 17.8 Å². The van der Waals surface area contributed by atoms with Crippen molar-refractivity contribution in [3.05, 3.63) is 28.5 Å². The summed E-state index contributed by atoms with van der Waals surface area (Å²) in [5.74, 6) is 0.180. The fourth-order valence-electron chi connectivity index (χ4n) is 2.09. The van der Waals surface area contributed by atoms with Gasteiger partial charge in [-0.05, 0) is 34.0 Å². The Hall–Kier alpha value is -0.880. The quantitative estimate of drug-likeness (QED) is 0.843. The highest BCUT2D eigenvalue weighted by atomic mass is 79.9. The lowest BCUT2D eigenvalue weighted by molar-refractivity contribution is -0.117. The summed E-state index contributed by atoms with van der Waals surface area (Å²) in [5, 5.41) is 0.0398. The molecule has 0 saturated carbocycles. The minimum Gasteiger partial charge on any atom is -0.308 e. The molecular weight excluding hydrogens is 333 g/mol. The van der Waals surface area contributed by atoms with Crippen LogP contribution in [0.5, 0.6) is 0 Å². The molecule has 1 fully saturated rings. The smallest absolute Gasteiger partial charge is 0.227 e. The number of carbonyl (C=O) groups excluding carboxylic acids is 2. The lowest BCUT2D eigenvalue weighted by atomic mass is 10.1. The first-order valence-electron chi connectivity index (χ1n) is 5.86. The molecule has 0 bridgehead atoms. The highest BCUT2D eigenvalue weighted by Gasteiger charge is 2.33. The third-order valence-electron chi connectivity index (χ3n) is 2.93. The molecule has 1 unspecified atom stereocenters. The van der Waals surface area contributed by atoms with E-state index in [4.69, 9.17) is 0 Å². The lowest BCUT2D eigenvalue weighted by Gasteiger charge is -2.19. The van der Waals surface area contributed by atoms with Gasteiger partial charge in [0.15, 0.2) is 5.12 Å².